The van der Waals surface area contributed by atoms with Crippen molar-refractivity contribution in [2.24, 2.45) is 0 Å². The van der Waals surface area contributed by atoms with E-state index in [1.807, 2.05) is 6.92 Å². The molecule has 3 aromatic rings. The standard InChI is InChI=1S/C31H34N2O8S/c1-7-19-20-13-18(40-17(3)34)9-10-24(20)32-26-21(19)15-33-25(26)14-23-22(27(33)35)16-39-28(36)31(23,8-2)41-29(37)38-11-12-42-30(4,5)6/h9-10,13-14H,7-8,11-12,15-16H2,1-6H3/t31-/m0/s1. The van der Waals surface area contributed by atoms with Crippen molar-refractivity contribution in [1.82, 2.24) is 9.55 Å². The number of thioether (sulfide) groups is 1. The minimum absolute atomic E-state index is 0.00447. The Morgan fingerprint density at radius 2 is 1.90 bits per heavy atom. The molecule has 0 amide bonds. The third kappa shape index (κ3) is 5.26. The lowest BCUT2D eigenvalue weighted by molar-refractivity contribution is -0.175. The van der Waals surface area contributed by atoms with E-state index in [1.54, 1.807) is 47.5 Å². The summed E-state index contributed by atoms with van der Waals surface area (Å²) in [4.78, 5) is 56.3. The fourth-order valence-electron chi connectivity index (χ4n) is 5.58. The third-order valence-electron chi connectivity index (χ3n) is 7.46. The monoisotopic (exact) mass is 594 g/mol. The molecule has 0 bridgehead atoms. The lowest BCUT2D eigenvalue weighted by Gasteiger charge is -2.35. The van der Waals surface area contributed by atoms with Crippen LogP contribution in [0.3, 0.4) is 0 Å². The Bertz CT molecular complexity index is 1670. The molecular weight excluding hydrogens is 560 g/mol. The van der Waals surface area contributed by atoms with E-state index in [2.05, 4.69) is 20.8 Å². The molecule has 2 aliphatic rings. The Kier molecular flexibility index (Phi) is 7.82. The molecule has 1 atom stereocenters. The number of aryl methyl sites for hydroxylation is 1. The van der Waals surface area contributed by atoms with E-state index >= 15 is 0 Å². The molecule has 2 aliphatic heterocycles. The zero-order valence-corrected chi connectivity index (χ0v) is 25.4. The number of cyclic esters (lactones) is 1. The number of nitrogens with zero attached hydrogens (tertiary/aromatic N) is 2. The normalized spacial score (nSPS) is 17.2. The SMILES string of the molecule is CCc1c2c(nc3ccc(OC(C)=O)cc13)-c1cc3c(c(=O)n1C2)COC(=O)[C@@]3(CC)OC(=O)OCCSC(C)(C)C. The highest BCUT2D eigenvalue weighted by atomic mass is 32.2. The van der Waals surface area contributed by atoms with Crippen molar-refractivity contribution in [3.05, 3.63) is 56.9 Å². The number of rotatable bonds is 7. The van der Waals surface area contributed by atoms with Crippen molar-refractivity contribution in [1.29, 1.82) is 0 Å². The number of pyridine rings is 2. The molecule has 0 fully saturated rings. The zero-order chi connectivity index (χ0) is 30.4. The molecule has 0 saturated carbocycles. The first-order valence-electron chi connectivity index (χ1n) is 14.0. The molecule has 5 rings (SSSR count). The van der Waals surface area contributed by atoms with Gasteiger partial charge < -0.3 is 23.5 Å². The van der Waals surface area contributed by atoms with E-state index in [0.717, 1.165) is 16.5 Å². The van der Waals surface area contributed by atoms with Crippen LogP contribution in [0.4, 0.5) is 4.79 Å². The van der Waals surface area contributed by atoms with Gasteiger partial charge in [0.15, 0.2) is 0 Å². The lowest BCUT2D eigenvalue weighted by Crippen LogP contribution is -2.47. The van der Waals surface area contributed by atoms with Gasteiger partial charge in [-0.15, -0.1) is 0 Å². The van der Waals surface area contributed by atoms with Gasteiger partial charge in [0, 0.05) is 33.9 Å². The average molecular weight is 595 g/mol. The summed E-state index contributed by atoms with van der Waals surface area (Å²) < 4.78 is 23.3. The molecule has 42 heavy (non-hydrogen) atoms. The number of fused-ring (bicyclic) bond motifs is 5. The third-order valence-corrected chi connectivity index (χ3v) is 8.69. The van der Waals surface area contributed by atoms with Crippen molar-refractivity contribution in [2.45, 2.75) is 77.9 Å². The van der Waals surface area contributed by atoms with E-state index < -0.39 is 23.7 Å². The number of hydrogen-bond acceptors (Lipinski definition) is 10. The predicted molar refractivity (Wildman–Crippen MR) is 158 cm³/mol. The summed E-state index contributed by atoms with van der Waals surface area (Å²) >= 11 is 1.63. The van der Waals surface area contributed by atoms with Crippen LogP contribution in [0.1, 0.15) is 70.2 Å². The molecule has 0 unspecified atom stereocenters. The summed E-state index contributed by atoms with van der Waals surface area (Å²) in [6.45, 7) is 11.4. The van der Waals surface area contributed by atoms with Crippen LogP contribution in [-0.2, 0) is 49.0 Å². The van der Waals surface area contributed by atoms with Crippen molar-refractivity contribution >= 4 is 40.8 Å². The second-order valence-corrected chi connectivity index (χ2v) is 13.2. The van der Waals surface area contributed by atoms with Crippen LogP contribution in [0.15, 0.2) is 29.1 Å². The Balaban J connectivity index is 1.57. The number of hydrogen-bond donors (Lipinski definition) is 0. The Morgan fingerprint density at radius 3 is 2.57 bits per heavy atom. The summed E-state index contributed by atoms with van der Waals surface area (Å²) in [5.74, 6) is -0.192. The van der Waals surface area contributed by atoms with Gasteiger partial charge in [0.25, 0.3) is 5.56 Å². The molecule has 1 aromatic carbocycles. The summed E-state index contributed by atoms with van der Waals surface area (Å²) in [6, 6.07) is 6.96. The molecule has 11 heteroatoms. The number of benzene rings is 1. The summed E-state index contributed by atoms with van der Waals surface area (Å²) in [5.41, 5.74) is 2.04. The fourth-order valence-corrected chi connectivity index (χ4v) is 6.36. The molecule has 0 spiro atoms. The summed E-state index contributed by atoms with van der Waals surface area (Å²) in [5, 5.41) is 0.831. The highest BCUT2D eigenvalue weighted by Crippen LogP contribution is 2.42. The van der Waals surface area contributed by atoms with Crippen molar-refractivity contribution < 1.29 is 33.3 Å². The van der Waals surface area contributed by atoms with Crippen LogP contribution in [0.5, 0.6) is 5.75 Å². The average Bonchev–Trinajstić information content (AvgIpc) is 3.29. The maximum Gasteiger partial charge on any atom is 0.509 e. The number of esters is 2. The van der Waals surface area contributed by atoms with Gasteiger partial charge in [0.05, 0.1) is 29.0 Å². The smallest absolute Gasteiger partial charge is 0.457 e. The van der Waals surface area contributed by atoms with Crippen molar-refractivity contribution in [3.63, 3.8) is 0 Å². The molecular formula is C31H34N2O8S. The Hall–Kier alpha value is -3.86. The minimum Gasteiger partial charge on any atom is -0.457 e. The highest BCUT2D eigenvalue weighted by Gasteiger charge is 2.51. The molecule has 4 heterocycles. The topological polar surface area (TPSA) is 123 Å². The van der Waals surface area contributed by atoms with Gasteiger partial charge >= 0.3 is 18.1 Å². The Labute approximate surface area is 247 Å². The van der Waals surface area contributed by atoms with E-state index in [9.17, 15) is 19.2 Å². The van der Waals surface area contributed by atoms with Gasteiger partial charge in [-0.1, -0.05) is 34.6 Å². The maximum atomic E-state index is 13.9. The van der Waals surface area contributed by atoms with Crippen LogP contribution in [0, 0.1) is 0 Å². The zero-order valence-electron chi connectivity index (χ0n) is 24.6. The van der Waals surface area contributed by atoms with Crippen LogP contribution >= 0.6 is 11.8 Å². The van der Waals surface area contributed by atoms with E-state index in [4.69, 9.17) is 23.9 Å². The quantitative estimate of drug-likeness (QED) is 0.159. The van der Waals surface area contributed by atoms with Crippen LogP contribution in [0.2, 0.25) is 0 Å². The first-order chi connectivity index (χ1) is 19.9. The van der Waals surface area contributed by atoms with E-state index in [-0.39, 0.29) is 47.6 Å². The second-order valence-electron chi connectivity index (χ2n) is 11.3. The summed E-state index contributed by atoms with van der Waals surface area (Å²) in [6.07, 6.45) is -0.306. The largest absolute Gasteiger partial charge is 0.509 e. The molecule has 0 N–H and O–H groups in total. The molecule has 222 valence electrons. The van der Waals surface area contributed by atoms with E-state index in [1.165, 1.54) is 6.92 Å². The molecule has 0 radical (unpaired) electrons. The van der Waals surface area contributed by atoms with Crippen LogP contribution in [0.25, 0.3) is 22.3 Å². The lowest BCUT2D eigenvalue weighted by atomic mass is 9.85. The van der Waals surface area contributed by atoms with Gasteiger partial charge in [0.2, 0.25) is 5.60 Å². The predicted octanol–water partition coefficient (Wildman–Crippen LogP) is 5.26. The molecule has 0 saturated heterocycles. The number of carbonyl (C=O) groups is 3. The minimum atomic E-state index is -1.83. The van der Waals surface area contributed by atoms with E-state index in [0.29, 0.717) is 34.8 Å². The van der Waals surface area contributed by atoms with Crippen molar-refractivity contribution in [3.8, 4) is 17.1 Å². The van der Waals surface area contributed by atoms with Gasteiger partial charge in [-0.2, -0.15) is 11.8 Å². The van der Waals surface area contributed by atoms with Gasteiger partial charge in [-0.3, -0.25) is 9.59 Å². The number of ether oxygens (including phenoxy) is 4. The van der Waals surface area contributed by atoms with Crippen LogP contribution < -0.4 is 10.3 Å². The number of aromatic nitrogens is 2. The maximum absolute atomic E-state index is 13.9. The van der Waals surface area contributed by atoms with Gasteiger partial charge in [-0.05, 0) is 42.7 Å². The molecule has 2 aromatic heterocycles. The van der Waals surface area contributed by atoms with Gasteiger partial charge in [0.1, 0.15) is 19.0 Å². The fraction of sp³-hybridized carbons (Fsp3) is 0.452. The molecule has 10 nitrogen and oxygen atoms in total. The first-order valence-corrected chi connectivity index (χ1v) is 15.0. The number of carbonyl (C=O) groups excluding carboxylic acids is 3. The Morgan fingerprint density at radius 1 is 1.14 bits per heavy atom. The molecule has 0 aliphatic carbocycles. The van der Waals surface area contributed by atoms with Gasteiger partial charge in [-0.25, -0.2) is 14.6 Å². The second kappa shape index (κ2) is 11.1. The summed E-state index contributed by atoms with van der Waals surface area (Å²) in [7, 11) is 0. The highest BCUT2D eigenvalue weighted by molar-refractivity contribution is 8.00. The van der Waals surface area contributed by atoms with Crippen LogP contribution in [-0.4, -0.2) is 44.8 Å². The first kappa shape index (κ1) is 29.6. The van der Waals surface area contributed by atoms with Crippen molar-refractivity contribution in [2.75, 3.05) is 12.4 Å².